The van der Waals surface area contributed by atoms with Crippen molar-refractivity contribution in [2.24, 2.45) is 5.73 Å². The fraction of sp³-hybridized carbons (Fsp3) is 0.929. The molecule has 0 bridgehead atoms. The molecule has 0 radical (unpaired) electrons. The van der Waals surface area contributed by atoms with Crippen molar-refractivity contribution < 1.29 is 28.8 Å². The molecule has 0 saturated carbocycles. The van der Waals surface area contributed by atoms with Crippen molar-refractivity contribution in [2.75, 3.05) is 52.8 Å². The molecule has 0 saturated heterocycles. The van der Waals surface area contributed by atoms with Crippen molar-refractivity contribution in [3.05, 3.63) is 0 Å². The highest BCUT2D eigenvalue weighted by molar-refractivity contribution is 5.78. The largest absolute Gasteiger partial charge is 0.461 e. The van der Waals surface area contributed by atoms with E-state index in [0.29, 0.717) is 26.4 Å². The first-order valence-corrected chi connectivity index (χ1v) is 7.37. The van der Waals surface area contributed by atoms with Gasteiger partial charge in [-0.05, 0) is 13.3 Å². The van der Waals surface area contributed by atoms with Crippen molar-refractivity contribution in [3.8, 4) is 0 Å². The second-order valence-corrected chi connectivity index (χ2v) is 4.80. The van der Waals surface area contributed by atoms with Crippen molar-refractivity contribution in [3.63, 3.8) is 0 Å². The van der Waals surface area contributed by atoms with Crippen LogP contribution in [0.4, 0.5) is 0 Å². The van der Waals surface area contributed by atoms with Crippen LogP contribution in [0.25, 0.3) is 0 Å². The number of ether oxygens (including phenoxy) is 4. The third-order valence-corrected chi connectivity index (χ3v) is 2.68. The smallest absolute Gasteiger partial charge is 0.339 e. The number of rotatable bonds is 14. The lowest BCUT2D eigenvalue weighted by Crippen LogP contribution is -2.44. The number of carbonyl (C=O) groups excluding carboxylic acids is 1. The van der Waals surface area contributed by atoms with Crippen molar-refractivity contribution in [1.29, 1.82) is 0 Å². The summed E-state index contributed by atoms with van der Waals surface area (Å²) in [6, 6.07) is 0. The second-order valence-electron chi connectivity index (χ2n) is 4.80. The van der Waals surface area contributed by atoms with Gasteiger partial charge in [-0.3, -0.25) is 0 Å². The van der Waals surface area contributed by atoms with E-state index in [1.54, 1.807) is 0 Å². The molecule has 0 heterocycles. The minimum Gasteiger partial charge on any atom is -0.461 e. The summed E-state index contributed by atoms with van der Waals surface area (Å²) >= 11 is 0. The fourth-order valence-electron chi connectivity index (χ4n) is 1.22. The first kappa shape index (κ1) is 20.3. The topological polar surface area (TPSA) is 100 Å². The van der Waals surface area contributed by atoms with Crippen LogP contribution in [-0.4, -0.2) is 69.5 Å². The van der Waals surface area contributed by atoms with Crippen LogP contribution in [0.5, 0.6) is 0 Å². The van der Waals surface area contributed by atoms with Crippen LogP contribution in [-0.2, 0) is 23.7 Å². The van der Waals surface area contributed by atoms with E-state index in [4.69, 9.17) is 24.7 Å². The second kappa shape index (κ2) is 13.0. The first-order valence-electron chi connectivity index (χ1n) is 7.37. The van der Waals surface area contributed by atoms with Gasteiger partial charge >= 0.3 is 5.97 Å². The molecule has 3 N–H and O–H groups in total. The lowest BCUT2D eigenvalue weighted by atomic mass is 10.1. The fourth-order valence-corrected chi connectivity index (χ4v) is 1.22. The molecule has 0 fully saturated rings. The summed E-state index contributed by atoms with van der Waals surface area (Å²) in [7, 11) is 0. The van der Waals surface area contributed by atoms with Gasteiger partial charge in [0, 0.05) is 13.2 Å². The molecule has 0 aliphatic heterocycles. The van der Waals surface area contributed by atoms with Gasteiger partial charge in [-0.2, -0.15) is 0 Å². The van der Waals surface area contributed by atoms with Crippen LogP contribution in [0, 0.1) is 0 Å². The number of unbranched alkanes of at least 4 members (excludes halogenated alkanes) is 1. The highest BCUT2D eigenvalue weighted by atomic mass is 16.6. The molecule has 7 heteroatoms. The Balaban J connectivity index is 3.25. The molecule has 1 unspecified atom stereocenters. The van der Waals surface area contributed by atoms with Gasteiger partial charge in [0.25, 0.3) is 0 Å². The molecule has 0 aliphatic rings. The quantitative estimate of drug-likeness (QED) is 0.346. The highest BCUT2D eigenvalue weighted by Crippen LogP contribution is 2.02. The van der Waals surface area contributed by atoms with Crippen LogP contribution < -0.4 is 5.73 Å². The minimum atomic E-state index is -1.64. The molecule has 126 valence electrons. The molecule has 0 aromatic rings. The summed E-state index contributed by atoms with van der Waals surface area (Å²) in [6.07, 6.45) is 2.19. The van der Waals surface area contributed by atoms with Crippen molar-refractivity contribution >= 4 is 5.97 Å². The van der Waals surface area contributed by atoms with Crippen molar-refractivity contribution in [1.82, 2.24) is 0 Å². The molecule has 0 spiro atoms. The molecule has 0 amide bonds. The molecule has 7 nitrogen and oxygen atoms in total. The van der Waals surface area contributed by atoms with Crippen molar-refractivity contribution in [2.45, 2.75) is 32.3 Å². The maximum atomic E-state index is 11.3. The summed E-state index contributed by atoms with van der Waals surface area (Å²) in [4.78, 5) is 11.3. The summed E-state index contributed by atoms with van der Waals surface area (Å²) in [6.45, 7) is 6.36. The van der Waals surface area contributed by atoms with Gasteiger partial charge in [0.2, 0.25) is 0 Å². The van der Waals surface area contributed by atoms with Gasteiger partial charge in [0.15, 0.2) is 5.60 Å². The van der Waals surface area contributed by atoms with Crippen LogP contribution >= 0.6 is 0 Å². The Kier molecular flexibility index (Phi) is 12.5. The van der Waals surface area contributed by atoms with Crippen LogP contribution in [0.2, 0.25) is 0 Å². The van der Waals surface area contributed by atoms with Gasteiger partial charge in [-0.25, -0.2) is 4.79 Å². The molecular weight excluding hydrogens is 278 g/mol. The summed E-state index contributed by atoms with van der Waals surface area (Å²) in [5.41, 5.74) is 3.60. The molecule has 0 aliphatic carbocycles. The summed E-state index contributed by atoms with van der Waals surface area (Å²) in [5.74, 6) is -0.742. The Labute approximate surface area is 126 Å². The lowest BCUT2D eigenvalue weighted by Gasteiger charge is -2.18. The Bertz CT molecular complexity index is 260. The molecular formula is C14H29NO6. The number of carbonyl (C=O) groups is 1. The summed E-state index contributed by atoms with van der Waals surface area (Å²) in [5, 5.41) is 9.50. The average Bonchev–Trinajstić information content (AvgIpc) is 2.48. The number of hydrogen-bond acceptors (Lipinski definition) is 7. The predicted molar refractivity (Wildman–Crippen MR) is 78.0 cm³/mol. The van der Waals surface area contributed by atoms with Gasteiger partial charge < -0.3 is 29.8 Å². The number of aliphatic hydroxyl groups is 1. The zero-order chi connectivity index (χ0) is 16.0. The minimum absolute atomic E-state index is 0.0785. The zero-order valence-corrected chi connectivity index (χ0v) is 13.1. The van der Waals surface area contributed by atoms with Gasteiger partial charge in [-0.1, -0.05) is 13.3 Å². The molecule has 0 rings (SSSR count). The number of hydrogen-bond donors (Lipinski definition) is 2. The van der Waals surface area contributed by atoms with E-state index in [1.807, 2.05) is 0 Å². The van der Waals surface area contributed by atoms with Crippen LogP contribution in [0.3, 0.4) is 0 Å². The van der Waals surface area contributed by atoms with Crippen LogP contribution in [0.1, 0.15) is 26.7 Å². The summed E-state index contributed by atoms with van der Waals surface area (Å²) < 4.78 is 20.7. The Morgan fingerprint density at radius 1 is 1.00 bits per heavy atom. The zero-order valence-electron chi connectivity index (χ0n) is 13.1. The Morgan fingerprint density at radius 3 is 1.95 bits per heavy atom. The Hall–Kier alpha value is -0.730. The monoisotopic (exact) mass is 307 g/mol. The molecule has 21 heavy (non-hydrogen) atoms. The lowest BCUT2D eigenvalue weighted by molar-refractivity contribution is -0.164. The van der Waals surface area contributed by atoms with Gasteiger partial charge in [0.1, 0.15) is 6.61 Å². The maximum absolute atomic E-state index is 11.3. The normalized spacial score (nSPS) is 13.9. The van der Waals surface area contributed by atoms with E-state index < -0.39 is 11.6 Å². The van der Waals surface area contributed by atoms with E-state index in [-0.39, 0.29) is 19.8 Å². The predicted octanol–water partition coefficient (Wildman–Crippen LogP) is 0.0892. The number of esters is 1. The molecule has 0 aromatic heterocycles. The highest BCUT2D eigenvalue weighted by Gasteiger charge is 2.29. The van der Waals surface area contributed by atoms with Gasteiger partial charge in [0.05, 0.1) is 33.0 Å². The third kappa shape index (κ3) is 11.6. The SMILES string of the molecule is CCCCOCCOCCOCCOC(=O)C(C)(O)CN. The number of nitrogens with two attached hydrogens (primary N) is 1. The first-order chi connectivity index (χ1) is 10.0. The van der Waals surface area contributed by atoms with E-state index >= 15 is 0 Å². The third-order valence-electron chi connectivity index (χ3n) is 2.68. The van der Waals surface area contributed by atoms with E-state index in [9.17, 15) is 9.90 Å². The maximum Gasteiger partial charge on any atom is 0.339 e. The molecule has 0 aromatic carbocycles. The van der Waals surface area contributed by atoms with Gasteiger partial charge in [-0.15, -0.1) is 0 Å². The van der Waals surface area contributed by atoms with E-state index in [0.717, 1.165) is 19.4 Å². The van der Waals surface area contributed by atoms with E-state index in [1.165, 1.54) is 6.92 Å². The standard InChI is InChI=1S/C14H29NO6/c1-3-4-5-18-6-7-19-8-9-20-10-11-21-13(16)14(2,17)12-15/h17H,3-12,15H2,1-2H3. The van der Waals surface area contributed by atoms with Crippen LogP contribution in [0.15, 0.2) is 0 Å². The van der Waals surface area contributed by atoms with E-state index in [2.05, 4.69) is 6.92 Å². The Morgan fingerprint density at radius 2 is 1.48 bits per heavy atom. The average molecular weight is 307 g/mol. The molecule has 1 atom stereocenters.